The molecule has 29 heavy (non-hydrogen) atoms. The van der Waals surface area contributed by atoms with Gasteiger partial charge in [-0.3, -0.25) is 14.3 Å². The Morgan fingerprint density at radius 2 is 1.69 bits per heavy atom. The third kappa shape index (κ3) is 4.55. The number of ether oxygens (including phenoxy) is 1. The maximum Gasteiger partial charge on any atom is 0.261 e. The lowest BCUT2D eigenvalue weighted by Gasteiger charge is -2.13. The number of anilines is 2. The first kappa shape index (κ1) is 20.4. The summed E-state index contributed by atoms with van der Waals surface area (Å²) in [6, 6.07) is 13.5. The summed E-state index contributed by atoms with van der Waals surface area (Å²) in [6.45, 7) is 0. The van der Waals surface area contributed by atoms with E-state index in [9.17, 15) is 18.0 Å². The minimum atomic E-state index is -3.94. The minimum Gasteiger partial charge on any atom is -0.497 e. The smallest absolute Gasteiger partial charge is 0.261 e. The lowest BCUT2D eigenvalue weighted by Crippen LogP contribution is -2.19. The van der Waals surface area contributed by atoms with Crippen LogP contribution in [0.3, 0.4) is 0 Å². The Kier molecular flexibility index (Phi) is 5.85. The summed E-state index contributed by atoms with van der Waals surface area (Å²) in [6.07, 6.45) is 0. The Morgan fingerprint density at radius 1 is 1.00 bits per heavy atom. The van der Waals surface area contributed by atoms with Gasteiger partial charge in [0.05, 0.1) is 28.8 Å². The molecule has 3 rings (SSSR count). The first-order valence-corrected chi connectivity index (χ1v) is 10.6. The molecule has 1 aromatic heterocycles. The molecule has 0 saturated carbocycles. The molecule has 1 heterocycles. The van der Waals surface area contributed by atoms with Crippen molar-refractivity contribution in [2.24, 2.45) is 5.73 Å². The summed E-state index contributed by atoms with van der Waals surface area (Å²) in [5.41, 5.74) is 5.65. The SMILES string of the molecule is COc1ccc(S(=O)(=O)Nc2ccccc2C(=O)Nc2sccc2C(N)=O)cc1. The Morgan fingerprint density at radius 3 is 2.34 bits per heavy atom. The van der Waals surface area contributed by atoms with Gasteiger partial charge in [-0.25, -0.2) is 8.42 Å². The summed E-state index contributed by atoms with van der Waals surface area (Å²) in [5, 5.41) is 4.50. The number of thiophene rings is 1. The fourth-order valence-electron chi connectivity index (χ4n) is 2.50. The molecule has 0 bridgehead atoms. The van der Waals surface area contributed by atoms with E-state index < -0.39 is 21.8 Å². The molecule has 0 spiro atoms. The van der Waals surface area contributed by atoms with E-state index in [1.54, 1.807) is 17.5 Å². The highest BCUT2D eigenvalue weighted by atomic mass is 32.2. The molecule has 0 aliphatic rings. The van der Waals surface area contributed by atoms with Crippen LogP contribution in [0.2, 0.25) is 0 Å². The third-order valence-electron chi connectivity index (χ3n) is 3.94. The van der Waals surface area contributed by atoms with E-state index in [0.717, 1.165) is 11.3 Å². The minimum absolute atomic E-state index is 0.0165. The van der Waals surface area contributed by atoms with Gasteiger partial charge in [0, 0.05) is 0 Å². The molecule has 0 aliphatic heterocycles. The number of hydrogen-bond acceptors (Lipinski definition) is 6. The topological polar surface area (TPSA) is 128 Å². The van der Waals surface area contributed by atoms with Crippen molar-refractivity contribution in [3.63, 3.8) is 0 Å². The molecule has 2 aromatic carbocycles. The highest BCUT2D eigenvalue weighted by molar-refractivity contribution is 7.92. The van der Waals surface area contributed by atoms with Crippen molar-refractivity contribution in [3.8, 4) is 5.75 Å². The van der Waals surface area contributed by atoms with Gasteiger partial charge in [-0.15, -0.1) is 11.3 Å². The number of nitrogens with one attached hydrogen (secondary N) is 2. The number of nitrogens with two attached hydrogens (primary N) is 1. The molecule has 8 nitrogen and oxygen atoms in total. The zero-order chi connectivity index (χ0) is 21.0. The highest BCUT2D eigenvalue weighted by Gasteiger charge is 2.20. The van der Waals surface area contributed by atoms with Gasteiger partial charge in [-0.2, -0.15) is 0 Å². The van der Waals surface area contributed by atoms with E-state index in [-0.39, 0.29) is 26.7 Å². The van der Waals surface area contributed by atoms with E-state index in [0.29, 0.717) is 5.75 Å². The summed E-state index contributed by atoms with van der Waals surface area (Å²) >= 11 is 1.14. The van der Waals surface area contributed by atoms with Crippen molar-refractivity contribution >= 4 is 43.9 Å². The number of sulfonamides is 1. The molecule has 0 aliphatic carbocycles. The van der Waals surface area contributed by atoms with Gasteiger partial charge in [0.1, 0.15) is 10.8 Å². The van der Waals surface area contributed by atoms with Crippen LogP contribution in [0, 0.1) is 0 Å². The zero-order valence-electron chi connectivity index (χ0n) is 15.2. The maximum absolute atomic E-state index is 12.7. The van der Waals surface area contributed by atoms with Crippen molar-refractivity contribution < 1.29 is 22.7 Å². The summed E-state index contributed by atoms with van der Waals surface area (Å²) in [5.74, 6) is -0.733. The maximum atomic E-state index is 12.7. The predicted octanol–water partition coefficient (Wildman–Crippen LogP) is 2.91. The number of carbonyl (C=O) groups is 2. The van der Waals surface area contributed by atoms with Gasteiger partial charge in [0.2, 0.25) is 0 Å². The van der Waals surface area contributed by atoms with E-state index in [1.165, 1.54) is 49.6 Å². The van der Waals surface area contributed by atoms with Crippen molar-refractivity contribution in [3.05, 3.63) is 71.1 Å². The summed E-state index contributed by atoms with van der Waals surface area (Å²) in [4.78, 5) is 24.2. The molecule has 2 amide bonds. The monoisotopic (exact) mass is 431 g/mol. The van der Waals surface area contributed by atoms with Crippen LogP contribution in [-0.2, 0) is 10.0 Å². The van der Waals surface area contributed by atoms with Gasteiger partial charge < -0.3 is 15.8 Å². The molecule has 0 atom stereocenters. The number of methoxy groups -OCH3 is 1. The molecule has 0 unspecified atom stereocenters. The van der Waals surface area contributed by atoms with Gasteiger partial charge >= 0.3 is 0 Å². The van der Waals surface area contributed by atoms with E-state index in [4.69, 9.17) is 10.5 Å². The second kappa shape index (κ2) is 8.33. The van der Waals surface area contributed by atoms with E-state index >= 15 is 0 Å². The molecule has 0 saturated heterocycles. The molecule has 0 fully saturated rings. The number of para-hydroxylation sites is 1. The van der Waals surface area contributed by atoms with E-state index in [1.807, 2.05) is 0 Å². The van der Waals surface area contributed by atoms with Crippen LogP contribution in [0.15, 0.2) is 64.9 Å². The lowest BCUT2D eigenvalue weighted by atomic mass is 10.1. The predicted molar refractivity (Wildman–Crippen MR) is 111 cm³/mol. The Balaban J connectivity index is 1.87. The average molecular weight is 431 g/mol. The Labute approximate surface area is 171 Å². The van der Waals surface area contributed by atoms with Crippen molar-refractivity contribution in [1.82, 2.24) is 0 Å². The largest absolute Gasteiger partial charge is 0.497 e. The zero-order valence-corrected chi connectivity index (χ0v) is 16.8. The van der Waals surface area contributed by atoms with Crippen LogP contribution in [0.25, 0.3) is 0 Å². The molecule has 3 aromatic rings. The molecule has 150 valence electrons. The fraction of sp³-hybridized carbons (Fsp3) is 0.0526. The highest BCUT2D eigenvalue weighted by Crippen LogP contribution is 2.26. The average Bonchev–Trinajstić information content (AvgIpc) is 3.16. The number of primary amides is 1. The van der Waals surface area contributed by atoms with Crippen molar-refractivity contribution in [2.75, 3.05) is 17.1 Å². The van der Waals surface area contributed by atoms with Crippen LogP contribution >= 0.6 is 11.3 Å². The van der Waals surface area contributed by atoms with Gasteiger partial charge in [0.15, 0.2) is 0 Å². The first-order chi connectivity index (χ1) is 13.8. The lowest BCUT2D eigenvalue weighted by molar-refractivity contribution is 0.100. The Bertz CT molecular complexity index is 1150. The van der Waals surface area contributed by atoms with Gasteiger partial charge in [-0.05, 0) is 47.8 Å². The first-order valence-electron chi connectivity index (χ1n) is 8.26. The van der Waals surface area contributed by atoms with E-state index in [2.05, 4.69) is 10.0 Å². The number of benzene rings is 2. The van der Waals surface area contributed by atoms with Crippen LogP contribution in [0.4, 0.5) is 10.7 Å². The third-order valence-corrected chi connectivity index (χ3v) is 6.15. The number of amides is 2. The molecular weight excluding hydrogens is 414 g/mol. The quantitative estimate of drug-likeness (QED) is 0.530. The fourth-order valence-corrected chi connectivity index (χ4v) is 4.37. The molecule has 0 radical (unpaired) electrons. The van der Waals surface area contributed by atoms with Crippen LogP contribution in [0.1, 0.15) is 20.7 Å². The standard InChI is InChI=1S/C19H17N3O5S2/c1-27-12-6-8-13(9-7-12)29(25,26)22-16-5-3-2-4-14(16)18(24)21-19-15(17(20)23)10-11-28-19/h2-11,22H,1H3,(H2,20,23)(H,21,24). The number of rotatable bonds is 7. The normalized spacial score (nSPS) is 10.9. The van der Waals surface area contributed by atoms with Crippen LogP contribution in [0.5, 0.6) is 5.75 Å². The molecule has 4 N–H and O–H groups in total. The number of hydrogen-bond donors (Lipinski definition) is 3. The van der Waals surface area contributed by atoms with Crippen LogP contribution in [-0.4, -0.2) is 27.3 Å². The second-order valence-corrected chi connectivity index (χ2v) is 8.41. The summed E-state index contributed by atoms with van der Waals surface area (Å²) in [7, 11) is -2.46. The summed E-state index contributed by atoms with van der Waals surface area (Å²) < 4.78 is 32.8. The molecular formula is C19H17N3O5S2. The Hall–Kier alpha value is -3.37. The molecule has 10 heteroatoms. The van der Waals surface area contributed by atoms with Crippen molar-refractivity contribution in [1.29, 1.82) is 0 Å². The van der Waals surface area contributed by atoms with Gasteiger partial charge in [0.25, 0.3) is 21.8 Å². The van der Waals surface area contributed by atoms with Gasteiger partial charge in [-0.1, -0.05) is 12.1 Å². The second-order valence-electron chi connectivity index (χ2n) is 5.81. The number of carbonyl (C=O) groups excluding carboxylic acids is 2. The van der Waals surface area contributed by atoms with Crippen LogP contribution < -0.4 is 20.5 Å². The van der Waals surface area contributed by atoms with Crippen molar-refractivity contribution in [2.45, 2.75) is 4.90 Å².